The minimum absolute atomic E-state index is 0.00346. The number of benzene rings is 1. The highest BCUT2D eigenvalue weighted by Gasteiger charge is 2.39. The molecule has 0 saturated heterocycles. The van der Waals surface area contributed by atoms with Gasteiger partial charge in [0.25, 0.3) is 5.91 Å². The predicted molar refractivity (Wildman–Crippen MR) is 71.6 cm³/mol. The Hall–Kier alpha value is -2.86. The number of anilines is 1. The summed E-state index contributed by atoms with van der Waals surface area (Å²) in [5, 5.41) is 21.0. The Morgan fingerprint density at radius 3 is 2.75 bits per heavy atom. The maximum absolute atomic E-state index is 12.4. The Morgan fingerprint density at radius 1 is 1.35 bits per heavy atom. The van der Waals surface area contributed by atoms with Gasteiger partial charge in [-0.05, 0) is 24.5 Å². The average Bonchev–Trinajstić information content (AvgIpc) is 3.25. The molecule has 0 bridgehead atoms. The van der Waals surface area contributed by atoms with Crippen molar-refractivity contribution in [1.82, 2.24) is 4.90 Å². The summed E-state index contributed by atoms with van der Waals surface area (Å²) in [6, 6.07) is 9.17. The van der Waals surface area contributed by atoms with Gasteiger partial charge in [0.15, 0.2) is 0 Å². The van der Waals surface area contributed by atoms with E-state index < -0.39 is 0 Å². The molecule has 1 saturated carbocycles. The van der Waals surface area contributed by atoms with E-state index in [1.165, 1.54) is 0 Å². The van der Waals surface area contributed by atoms with E-state index in [2.05, 4.69) is 10.5 Å². The number of carbonyl (C=O) groups is 1. The third-order valence-corrected chi connectivity index (χ3v) is 3.45. The molecule has 0 aromatic heterocycles. The van der Waals surface area contributed by atoms with Gasteiger partial charge >= 0.3 is 0 Å². The predicted octanol–water partition coefficient (Wildman–Crippen LogP) is 1.62. The second-order valence-electron chi connectivity index (χ2n) is 4.80. The third kappa shape index (κ3) is 1.98. The molecule has 2 aliphatic rings. The van der Waals surface area contributed by atoms with Crippen LogP contribution < -0.4 is 5.43 Å². The molecule has 3 rings (SSSR count). The first kappa shape index (κ1) is 12.2. The first-order valence-electron chi connectivity index (χ1n) is 6.31. The summed E-state index contributed by atoms with van der Waals surface area (Å²) in [5.74, 6) is -0.00346. The van der Waals surface area contributed by atoms with Crippen LogP contribution >= 0.6 is 0 Å². The average molecular weight is 265 g/mol. The topological polar surface area (TPSA) is 92.3 Å². The van der Waals surface area contributed by atoms with Crippen molar-refractivity contribution in [2.45, 2.75) is 25.4 Å². The number of nitrogens with one attached hydrogen (secondary N) is 1. The molecule has 1 heterocycles. The number of hydrazone groups is 1. The first-order chi connectivity index (χ1) is 9.74. The largest absolute Gasteiger partial charge is 0.331 e. The smallest absolute Gasteiger partial charge is 0.256 e. The molecule has 0 radical (unpaired) electrons. The minimum Gasteiger partial charge on any atom is -0.331 e. The van der Waals surface area contributed by atoms with Crippen molar-refractivity contribution >= 4 is 17.3 Å². The van der Waals surface area contributed by atoms with Gasteiger partial charge in [0.2, 0.25) is 5.71 Å². The summed E-state index contributed by atoms with van der Waals surface area (Å²) in [7, 11) is 0. The highest BCUT2D eigenvalue weighted by molar-refractivity contribution is 6.10. The third-order valence-electron chi connectivity index (χ3n) is 3.45. The molecule has 20 heavy (non-hydrogen) atoms. The van der Waals surface area contributed by atoms with Gasteiger partial charge in [0.1, 0.15) is 12.1 Å². The summed E-state index contributed by atoms with van der Waals surface area (Å²) in [4.78, 5) is 14.3. The van der Waals surface area contributed by atoms with E-state index in [-0.39, 0.29) is 11.6 Å². The fourth-order valence-corrected chi connectivity index (χ4v) is 2.35. The first-order valence-corrected chi connectivity index (χ1v) is 6.31. The van der Waals surface area contributed by atoms with Crippen molar-refractivity contribution in [3.8, 4) is 12.1 Å². The maximum atomic E-state index is 12.4. The molecule has 98 valence electrons. The maximum Gasteiger partial charge on any atom is 0.256 e. The highest BCUT2D eigenvalue weighted by atomic mass is 16.2. The fraction of sp³-hybridized carbons (Fsp3) is 0.286. The van der Waals surface area contributed by atoms with E-state index >= 15 is 0 Å². The van der Waals surface area contributed by atoms with Crippen LogP contribution in [0.25, 0.3) is 0 Å². The number of hydrogen-bond acceptors (Lipinski definition) is 5. The van der Waals surface area contributed by atoms with Gasteiger partial charge in [-0.3, -0.25) is 10.2 Å². The number of amides is 1. The van der Waals surface area contributed by atoms with Crippen LogP contribution in [-0.2, 0) is 6.54 Å². The molecule has 1 fully saturated rings. The molecule has 1 aliphatic heterocycles. The van der Waals surface area contributed by atoms with Crippen molar-refractivity contribution in [3.63, 3.8) is 0 Å². The van der Waals surface area contributed by atoms with Gasteiger partial charge in [-0.15, -0.1) is 0 Å². The standard InChI is InChI=1S/C14H11N5O/c15-6-10(7-16)17-18-12-3-1-2-9-8-19(11-4-5-11)14(20)13(9)12/h1-3,11,18H,4-5,8H2. The van der Waals surface area contributed by atoms with Crippen LogP contribution in [0.4, 0.5) is 5.69 Å². The van der Waals surface area contributed by atoms with Crippen LogP contribution in [0.2, 0.25) is 0 Å². The van der Waals surface area contributed by atoms with Crippen molar-refractivity contribution in [1.29, 1.82) is 10.5 Å². The SMILES string of the molecule is N#CC(C#N)=NNc1cccc2c1C(=O)N(C1CC1)C2. The van der Waals surface area contributed by atoms with Gasteiger partial charge in [0, 0.05) is 12.6 Å². The van der Waals surface area contributed by atoms with Crippen molar-refractivity contribution < 1.29 is 4.79 Å². The Labute approximate surface area is 115 Å². The number of fused-ring (bicyclic) bond motifs is 1. The van der Waals surface area contributed by atoms with Crippen LogP contribution in [0.15, 0.2) is 23.3 Å². The molecule has 1 N–H and O–H groups in total. The number of nitriles is 2. The Balaban J connectivity index is 1.91. The van der Waals surface area contributed by atoms with Gasteiger partial charge in [-0.1, -0.05) is 12.1 Å². The quantitative estimate of drug-likeness (QED) is 0.664. The van der Waals surface area contributed by atoms with E-state index in [1.54, 1.807) is 18.2 Å². The highest BCUT2D eigenvalue weighted by Crippen LogP contribution is 2.37. The number of carbonyl (C=O) groups excluding carboxylic acids is 1. The van der Waals surface area contributed by atoms with Gasteiger partial charge in [-0.25, -0.2) is 0 Å². The molecule has 6 heteroatoms. The molecule has 1 amide bonds. The normalized spacial score (nSPS) is 16.1. The lowest BCUT2D eigenvalue weighted by atomic mass is 10.1. The fourth-order valence-electron chi connectivity index (χ4n) is 2.35. The number of rotatable bonds is 3. The van der Waals surface area contributed by atoms with Crippen molar-refractivity contribution in [2.75, 3.05) is 5.43 Å². The molecule has 1 aromatic rings. The lowest BCUT2D eigenvalue weighted by Gasteiger charge is -2.13. The van der Waals surface area contributed by atoms with Crippen LogP contribution in [-0.4, -0.2) is 22.6 Å². The Bertz CT molecular complexity index is 674. The molecule has 1 aliphatic carbocycles. The number of nitrogens with zero attached hydrogens (tertiary/aromatic N) is 4. The van der Waals surface area contributed by atoms with Gasteiger partial charge in [0.05, 0.1) is 11.3 Å². The molecule has 0 atom stereocenters. The van der Waals surface area contributed by atoms with Crippen LogP contribution in [0.1, 0.15) is 28.8 Å². The zero-order valence-corrected chi connectivity index (χ0v) is 10.6. The molecular formula is C14H11N5O. The number of hydrogen-bond donors (Lipinski definition) is 1. The van der Waals surface area contributed by atoms with Crippen molar-refractivity contribution in [2.24, 2.45) is 5.10 Å². The zero-order chi connectivity index (χ0) is 14.1. The van der Waals surface area contributed by atoms with Crippen molar-refractivity contribution in [3.05, 3.63) is 29.3 Å². The molecule has 0 unspecified atom stereocenters. The molecule has 6 nitrogen and oxygen atoms in total. The molecule has 0 spiro atoms. The lowest BCUT2D eigenvalue weighted by Crippen LogP contribution is -2.26. The van der Waals surface area contributed by atoms with E-state index in [4.69, 9.17) is 10.5 Å². The van der Waals surface area contributed by atoms with E-state index in [0.717, 1.165) is 18.4 Å². The minimum atomic E-state index is -0.271. The lowest BCUT2D eigenvalue weighted by molar-refractivity contribution is 0.0767. The Morgan fingerprint density at radius 2 is 2.10 bits per heavy atom. The molecular weight excluding hydrogens is 254 g/mol. The second kappa shape index (κ2) is 4.67. The summed E-state index contributed by atoms with van der Waals surface area (Å²) >= 11 is 0. The zero-order valence-electron chi connectivity index (χ0n) is 10.6. The second-order valence-corrected chi connectivity index (χ2v) is 4.80. The van der Waals surface area contributed by atoms with E-state index in [9.17, 15) is 4.79 Å². The summed E-state index contributed by atoms with van der Waals surface area (Å²) in [6.07, 6.45) is 2.13. The van der Waals surface area contributed by atoms with E-state index in [0.29, 0.717) is 23.8 Å². The van der Waals surface area contributed by atoms with Crippen LogP contribution in [0, 0.1) is 22.7 Å². The van der Waals surface area contributed by atoms with Gasteiger partial charge in [-0.2, -0.15) is 15.6 Å². The summed E-state index contributed by atoms with van der Waals surface area (Å²) in [5.41, 5.74) is 4.47. The van der Waals surface area contributed by atoms with Crippen LogP contribution in [0.5, 0.6) is 0 Å². The summed E-state index contributed by atoms with van der Waals surface area (Å²) in [6.45, 7) is 0.626. The summed E-state index contributed by atoms with van der Waals surface area (Å²) < 4.78 is 0. The molecule has 1 aromatic carbocycles. The van der Waals surface area contributed by atoms with Gasteiger partial charge < -0.3 is 4.90 Å². The van der Waals surface area contributed by atoms with E-state index in [1.807, 2.05) is 17.0 Å². The van der Waals surface area contributed by atoms with Crippen LogP contribution in [0.3, 0.4) is 0 Å². The monoisotopic (exact) mass is 265 g/mol. The Kier molecular flexibility index (Phi) is 2.85.